The van der Waals surface area contributed by atoms with Crippen molar-refractivity contribution in [2.24, 2.45) is 0 Å². The van der Waals surface area contributed by atoms with Crippen molar-refractivity contribution in [1.82, 2.24) is 5.32 Å². The van der Waals surface area contributed by atoms with Gasteiger partial charge in [-0.25, -0.2) is 0 Å². The summed E-state index contributed by atoms with van der Waals surface area (Å²) in [6.07, 6.45) is 5.01. The first-order valence-corrected chi connectivity index (χ1v) is 8.04. The quantitative estimate of drug-likeness (QED) is 0.747. The molecule has 0 bridgehead atoms. The Morgan fingerprint density at radius 3 is 2.48 bits per heavy atom. The highest BCUT2D eigenvalue weighted by molar-refractivity contribution is 5.27. The monoisotopic (exact) mass is 291 g/mol. The third-order valence-corrected chi connectivity index (χ3v) is 3.97. The van der Waals surface area contributed by atoms with E-state index in [-0.39, 0.29) is 0 Å². The largest absolute Gasteiger partial charge is 0.491 e. The van der Waals surface area contributed by atoms with Crippen LogP contribution in [-0.4, -0.2) is 38.6 Å². The lowest BCUT2D eigenvalue weighted by atomic mass is 10.2. The van der Waals surface area contributed by atoms with Crippen molar-refractivity contribution < 1.29 is 14.2 Å². The van der Waals surface area contributed by atoms with Crippen LogP contribution in [0.25, 0.3) is 0 Å². The maximum atomic E-state index is 5.79. The summed E-state index contributed by atoms with van der Waals surface area (Å²) < 4.78 is 16.8. The summed E-state index contributed by atoms with van der Waals surface area (Å²) in [6, 6.07) is 9.09. The summed E-state index contributed by atoms with van der Waals surface area (Å²) in [5.74, 6) is 0.917. The Hall–Kier alpha value is -1.10. The second-order valence-electron chi connectivity index (χ2n) is 5.83. The molecule has 0 amide bonds. The molecule has 3 rings (SSSR count). The van der Waals surface area contributed by atoms with E-state index in [1.54, 1.807) is 0 Å². The Morgan fingerprint density at radius 1 is 1.00 bits per heavy atom. The van der Waals surface area contributed by atoms with E-state index in [2.05, 4.69) is 17.4 Å². The van der Waals surface area contributed by atoms with Crippen LogP contribution in [0.5, 0.6) is 5.75 Å². The van der Waals surface area contributed by atoms with Gasteiger partial charge in [-0.05, 0) is 43.4 Å². The molecule has 1 N–H and O–H groups in total. The van der Waals surface area contributed by atoms with Crippen LogP contribution in [0.3, 0.4) is 0 Å². The lowest BCUT2D eigenvalue weighted by Gasteiger charge is -2.22. The Bertz CT molecular complexity index is 411. The minimum Gasteiger partial charge on any atom is -0.491 e. The van der Waals surface area contributed by atoms with E-state index >= 15 is 0 Å². The molecule has 2 aliphatic rings. The van der Waals surface area contributed by atoms with Crippen LogP contribution in [-0.2, 0) is 16.0 Å². The topological polar surface area (TPSA) is 39.7 Å². The van der Waals surface area contributed by atoms with Crippen LogP contribution in [0.4, 0.5) is 0 Å². The van der Waals surface area contributed by atoms with Gasteiger partial charge in [0.1, 0.15) is 12.4 Å². The number of rotatable bonds is 8. The molecule has 0 radical (unpaired) electrons. The highest BCUT2D eigenvalue weighted by Crippen LogP contribution is 2.20. The van der Waals surface area contributed by atoms with Gasteiger partial charge >= 0.3 is 0 Å². The molecular formula is C17H25NO3. The number of nitrogens with one attached hydrogen (secondary N) is 1. The van der Waals surface area contributed by atoms with Crippen LogP contribution in [0, 0.1) is 0 Å². The maximum Gasteiger partial charge on any atom is 0.119 e. The Balaban J connectivity index is 1.30. The van der Waals surface area contributed by atoms with Crippen molar-refractivity contribution in [2.45, 2.75) is 44.4 Å². The van der Waals surface area contributed by atoms with Gasteiger partial charge in [0.25, 0.3) is 0 Å². The lowest BCUT2D eigenvalue weighted by molar-refractivity contribution is -0.0388. The normalized spacial score (nSPS) is 19.6. The highest BCUT2D eigenvalue weighted by atomic mass is 16.5. The molecule has 4 heteroatoms. The van der Waals surface area contributed by atoms with Crippen molar-refractivity contribution in [3.05, 3.63) is 29.8 Å². The van der Waals surface area contributed by atoms with Crippen molar-refractivity contribution in [3.8, 4) is 5.75 Å². The summed E-state index contributed by atoms with van der Waals surface area (Å²) in [5.41, 5.74) is 1.31. The summed E-state index contributed by atoms with van der Waals surface area (Å²) in [6.45, 7) is 3.86. The van der Waals surface area contributed by atoms with E-state index in [0.29, 0.717) is 19.3 Å². The van der Waals surface area contributed by atoms with Crippen molar-refractivity contribution in [3.63, 3.8) is 0 Å². The zero-order valence-corrected chi connectivity index (χ0v) is 12.6. The Labute approximate surface area is 126 Å². The fourth-order valence-corrected chi connectivity index (χ4v) is 2.47. The van der Waals surface area contributed by atoms with Gasteiger partial charge in [0.15, 0.2) is 0 Å². The standard InChI is InChI=1S/C17H25NO3/c1-5-16(6-2-14(1)13-18-15-3-4-15)20-11-12-21-17-7-9-19-10-8-17/h1-2,5-6,15,17-18H,3-4,7-13H2. The van der Waals surface area contributed by atoms with Gasteiger partial charge in [0.2, 0.25) is 0 Å². The van der Waals surface area contributed by atoms with Gasteiger partial charge < -0.3 is 19.5 Å². The van der Waals surface area contributed by atoms with Crippen molar-refractivity contribution in [2.75, 3.05) is 26.4 Å². The van der Waals surface area contributed by atoms with Gasteiger partial charge in [-0.1, -0.05) is 12.1 Å². The Kier molecular flexibility index (Phi) is 5.49. The molecule has 0 spiro atoms. The van der Waals surface area contributed by atoms with Gasteiger partial charge in [-0.2, -0.15) is 0 Å². The van der Waals surface area contributed by atoms with E-state index in [1.165, 1.54) is 18.4 Å². The van der Waals surface area contributed by atoms with E-state index in [1.807, 2.05) is 12.1 Å². The van der Waals surface area contributed by atoms with E-state index in [9.17, 15) is 0 Å². The predicted octanol–water partition coefficient (Wildman–Crippen LogP) is 2.51. The molecule has 1 saturated heterocycles. The first-order valence-electron chi connectivity index (χ1n) is 8.04. The molecule has 1 saturated carbocycles. The molecule has 116 valence electrons. The molecule has 21 heavy (non-hydrogen) atoms. The van der Waals surface area contributed by atoms with Crippen LogP contribution >= 0.6 is 0 Å². The van der Waals surface area contributed by atoms with Gasteiger partial charge in [-0.3, -0.25) is 0 Å². The second kappa shape index (κ2) is 7.78. The molecule has 4 nitrogen and oxygen atoms in total. The third-order valence-electron chi connectivity index (χ3n) is 3.97. The highest BCUT2D eigenvalue weighted by Gasteiger charge is 2.19. The zero-order valence-electron chi connectivity index (χ0n) is 12.6. The molecule has 2 fully saturated rings. The van der Waals surface area contributed by atoms with E-state index in [0.717, 1.165) is 44.4 Å². The molecule has 1 aromatic carbocycles. The summed E-state index contributed by atoms with van der Waals surface area (Å²) >= 11 is 0. The third kappa shape index (κ3) is 5.30. The minimum absolute atomic E-state index is 0.346. The van der Waals surface area contributed by atoms with E-state index in [4.69, 9.17) is 14.2 Å². The van der Waals surface area contributed by atoms with Gasteiger partial charge in [0.05, 0.1) is 12.7 Å². The maximum absolute atomic E-state index is 5.79. The molecule has 0 atom stereocenters. The predicted molar refractivity (Wildman–Crippen MR) is 81.6 cm³/mol. The van der Waals surface area contributed by atoms with Crippen LogP contribution in [0.1, 0.15) is 31.2 Å². The smallest absolute Gasteiger partial charge is 0.119 e. The van der Waals surface area contributed by atoms with Crippen LogP contribution in [0.15, 0.2) is 24.3 Å². The molecule has 1 aliphatic carbocycles. The molecule has 1 aromatic rings. The molecule has 0 unspecified atom stereocenters. The SMILES string of the molecule is c1cc(OCCOC2CCOCC2)ccc1CNC1CC1. The molecule has 1 heterocycles. The fraction of sp³-hybridized carbons (Fsp3) is 0.647. The van der Waals surface area contributed by atoms with Crippen LogP contribution in [0.2, 0.25) is 0 Å². The molecule has 0 aromatic heterocycles. The number of ether oxygens (including phenoxy) is 3. The average molecular weight is 291 g/mol. The fourth-order valence-electron chi connectivity index (χ4n) is 2.47. The summed E-state index contributed by atoms with van der Waals surface area (Å²) in [5, 5.41) is 3.51. The summed E-state index contributed by atoms with van der Waals surface area (Å²) in [7, 11) is 0. The van der Waals surface area contributed by atoms with Gasteiger partial charge in [0, 0.05) is 25.8 Å². The van der Waals surface area contributed by atoms with Crippen LogP contribution < -0.4 is 10.1 Å². The summed E-state index contributed by atoms with van der Waals surface area (Å²) in [4.78, 5) is 0. The minimum atomic E-state index is 0.346. The number of benzene rings is 1. The first-order chi connectivity index (χ1) is 10.4. The lowest BCUT2D eigenvalue weighted by Crippen LogP contribution is -2.25. The second-order valence-corrected chi connectivity index (χ2v) is 5.83. The zero-order chi connectivity index (χ0) is 14.3. The number of hydrogen-bond donors (Lipinski definition) is 1. The van der Waals surface area contributed by atoms with Crippen molar-refractivity contribution in [1.29, 1.82) is 0 Å². The molecule has 1 aliphatic heterocycles. The average Bonchev–Trinajstić information content (AvgIpc) is 3.36. The van der Waals surface area contributed by atoms with E-state index < -0.39 is 0 Å². The molecular weight excluding hydrogens is 266 g/mol. The van der Waals surface area contributed by atoms with Gasteiger partial charge in [-0.15, -0.1) is 0 Å². The first kappa shape index (κ1) is 14.8. The Morgan fingerprint density at radius 2 is 1.76 bits per heavy atom. The number of hydrogen-bond acceptors (Lipinski definition) is 4. The van der Waals surface area contributed by atoms with Crippen molar-refractivity contribution >= 4 is 0 Å².